The summed E-state index contributed by atoms with van der Waals surface area (Å²) in [4.78, 5) is 4.38. The van der Waals surface area contributed by atoms with Crippen molar-refractivity contribution in [2.45, 2.75) is 0 Å². The zero-order valence-corrected chi connectivity index (χ0v) is 12.4. The topological polar surface area (TPSA) is 40.6 Å². The molecule has 0 spiro atoms. The Bertz CT molecular complexity index is 741. The average Bonchev–Trinajstić information content (AvgIpc) is 2.57. The van der Waals surface area contributed by atoms with Gasteiger partial charge in [0, 0.05) is 12.5 Å². The summed E-state index contributed by atoms with van der Waals surface area (Å²) < 4.78 is 16.3. The number of aromatic nitrogens is 1. The Morgan fingerprint density at radius 3 is 2.45 bits per heavy atom. The van der Waals surface area contributed by atoms with E-state index in [9.17, 15) is 0 Å². The largest absolute Gasteiger partial charge is 0.491 e. The molecular formula is C18H17NO3. The number of fused-ring (bicyclic) bond motifs is 1. The smallest absolute Gasteiger partial charge is 0.146 e. The number of benzene rings is 2. The second-order valence-electron chi connectivity index (χ2n) is 4.78. The minimum atomic E-state index is 0.533. The normalized spacial score (nSPS) is 10.6. The van der Waals surface area contributed by atoms with Crippen LogP contribution in [0.5, 0.6) is 17.2 Å². The third-order valence-corrected chi connectivity index (χ3v) is 3.18. The van der Waals surface area contributed by atoms with Gasteiger partial charge in [-0.05, 0) is 36.4 Å². The van der Waals surface area contributed by atoms with Gasteiger partial charge in [-0.25, -0.2) is 0 Å². The van der Waals surface area contributed by atoms with Crippen LogP contribution in [-0.2, 0) is 4.74 Å². The van der Waals surface area contributed by atoms with E-state index in [1.165, 1.54) is 0 Å². The average molecular weight is 295 g/mol. The van der Waals surface area contributed by atoms with Gasteiger partial charge in [0.15, 0.2) is 0 Å². The first-order chi connectivity index (χ1) is 10.8. The Kier molecular flexibility index (Phi) is 4.51. The molecular weight excluding hydrogens is 278 g/mol. The molecule has 0 aliphatic rings. The molecule has 0 saturated carbocycles. The van der Waals surface area contributed by atoms with E-state index in [1.54, 1.807) is 13.3 Å². The third-order valence-electron chi connectivity index (χ3n) is 3.18. The van der Waals surface area contributed by atoms with Crippen LogP contribution in [0.1, 0.15) is 0 Å². The van der Waals surface area contributed by atoms with Crippen LogP contribution in [0.3, 0.4) is 0 Å². The first-order valence-electron chi connectivity index (χ1n) is 7.09. The van der Waals surface area contributed by atoms with Gasteiger partial charge in [-0.2, -0.15) is 0 Å². The molecule has 112 valence electrons. The van der Waals surface area contributed by atoms with Crippen LogP contribution in [0, 0.1) is 0 Å². The van der Waals surface area contributed by atoms with Crippen LogP contribution in [0.15, 0.2) is 60.8 Å². The summed E-state index contributed by atoms with van der Waals surface area (Å²) in [6.07, 6.45) is 1.73. The van der Waals surface area contributed by atoms with Crippen molar-refractivity contribution in [1.29, 1.82) is 0 Å². The van der Waals surface area contributed by atoms with Crippen LogP contribution in [0.4, 0.5) is 0 Å². The lowest BCUT2D eigenvalue weighted by Gasteiger charge is -2.08. The predicted molar refractivity (Wildman–Crippen MR) is 85.6 cm³/mol. The molecule has 0 saturated heterocycles. The SMILES string of the molecule is COCCOc1ccc(Oc2cnc3ccccc3c2)cc1. The molecule has 4 nitrogen and oxygen atoms in total. The van der Waals surface area contributed by atoms with Gasteiger partial charge in [-0.15, -0.1) is 0 Å². The molecule has 0 aliphatic carbocycles. The van der Waals surface area contributed by atoms with E-state index in [4.69, 9.17) is 14.2 Å². The second-order valence-corrected chi connectivity index (χ2v) is 4.78. The van der Waals surface area contributed by atoms with E-state index in [1.807, 2.05) is 54.6 Å². The van der Waals surface area contributed by atoms with E-state index in [-0.39, 0.29) is 0 Å². The molecule has 0 amide bonds. The molecule has 0 fully saturated rings. The van der Waals surface area contributed by atoms with Crippen LogP contribution in [0.2, 0.25) is 0 Å². The van der Waals surface area contributed by atoms with Gasteiger partial charge in [0.1, 0.15) is 23.9 Å². The molecule has 0 atom stereocenters. The standard InChI is InChI=1S/C18H17NO3/c1-20-10-11-21-15-6-8-16(9-7-15)22-17-12-14-4-2-3-5-18(14)19-13-17/h2-9,12-13H,10-11H2,1H3. The number of nitrogens with zero attached hydrogens (tertiary/aromatic N) is 1. The highest BCUT2D eigenvalue weighted by molar-refractivity contribution is 5.79. The number of rotatable bonds is 6. The van der Waals surface area contributed by atoms with Crippen molar-refractivity contribution in [3.05, 3.63) is 60.8 Å². The zero-order chi connectivity index (χ0) is 15.2. The van der Waals surface area contributed by atoms with Gasteiger partial charge in [-0.1, -0.05) is 18.2 Å². The highest BCUT2D eigenvalue weighted by Gasteiger charge is 2.01. The molecule has 0 radical (unpaired) electrons. The first kappa shape index (κ1) is 14.4. The van der Waals surface area contributed by atoms with Gasteiger partial charge >= 0.3 is 0 Å². The van der Waals surface area contributed by atoms with E-state index in [0.29, 0.717) is 19.0 Å². The van der Waals surface area contributed by atoms with Crippen LogP contribution >= 0.6 is 0 Å². The van der Waals surface area contributed by atoms with E-state index < -0.39 is 0 Å². The number of pyridine rings is 1. The Morgan fingerprint density at radius 1 is 0.864 bits per heavy atom. The minimum Gasteiger partial charge on any atom is -0.491 e. The van der Waals surface area contributed by atoms with Crippen LogP contribution < -0.4 is 9.47 Å². The fourth-order valence-electron chi connectivity index (χ4n) is 2.09. The monoisotopic (exact) mass is 295 g/mol. The maximum absolute atomic E-state index is 5.82. The molecule has 3 aromatic rings. The molecule has 0 N–H and O–H groups in total. The summed E-state index contributed by atoms with van der Waals surface area (Å²) in [5.41, 5.74) is 0.955. The lowest BCUT2D eigenvalue weighted by molar-refractivity contribution is 0.146. The minimum absolute atomic E-state index is 0.533. The maximum atomic E-state index is 5.82. The molecule has 0 bridgehead atoms. The number of hydrogen-bond donors (Lipinski definition) is 0. The Labute approximate surface area is 129 Å². The third kappa shape index (κ3) is 3.54. The molecule has 0 aliphatic heterocycles. The molecule has 1 aromatic heterocycles. The molecule has 4 heteroatoms. The van der Waals surface area contributed by atoms with Gasteiger partial charge in [-0.3, -0.25) is 4.98 Å². The van der Waals surface area contributed by atoms with E-state index in [0.717, 1.165) is 22.4 Å². The molecule has 0 unspecified atom stereocenters. The number of ether oxygens (including phenoxy) is 3. The lowest BCUT2D eigenvalue weighted by Crippen LogP contribution is -2.03. The first-order valence-corrected chi connectivity index (χ1v) is 7.09. The molecule has 1 heterocycles. The van der Waals surface area contributed by atoms with Gasteiger partial charge in [0.05, 0.1) is 18.3 Å². The van der Waals surface area contributed by atoms with Crippen molar-refractivity contribution in [2.24, 2.45) is 0 Å². The molecule has 3 rings (SSSR count). The van der Waals surface area contributed by atoms with Gasteiger partial charge in [0.2, 0.25) is 0 Å². The Hall–Kier alpha value is -2.59. The Morgan fingerprint density at radius 2 is 1.64 bits per heavy atom. The quantitative estimate of drug-likeness (QED) is 0.643. The fraction of sp³-hybridized carbons (Fsp3) is 0.167. The maximum Gasteiger partial charge on any atom is 0.146 e. The zero-order valence-electron chi connectivity index (χ0n) is 12.4. The van der Waals surface area contributed by atoms with E-state index >= 15 is 0 Å². The van der Waals surface area contributed by atoms with E-state index in [2.05, 4.69) is 4.98 Å². The lowest BCUT2D eigenvalue weighted by atomic mass is 10.2. The Balaban J connectivity index is 1.68. The summed E-state index contributed by atoms with van der Waals surface area (Å²) in [5, 5.41) is 1.06. The van der Waals surface area contributed by atoms with Crippen molar-refractivity contribution in [2.75, 3.05) is 20.3 Å². The summed E-state index contributed by atoms with van der Waals surface area (Å²) >= 11 is 0. The van der Waals surface area contributed by atoms with Crippen LogP contribution in [-0.4, -0.2) is 25.3 Å². The number of methoxy groups -OCH3 is 1. The fourth-order valence-corrected chi connectivity index (χ4v) is 2.09. The highest BCUT2D eigenvalue weighted by Crippen LogP contribution is 2.25. The summed E-state index contributed by atoms with van der Waals surface area (Å²) in [7, 11) is 1.65. The van der Waals surface area contributed by atoms with Crippen molar-refractivity contribution in [1.82, 2.24) is 4.98 Å². The predicted octanol–water partition coefficient (Wildman–Crippen LogP) is 4.05. The molecule has 2 aromatic carbocycles. The van der Waals surface area contributed by atoms with Crippen LogP contribution in [0.25, 0.3) is 10.9 Å². The van der Waals surface area contributed by atoms with Crippen molar-refractivity contribution >= 4 is 10.9 Å². The van der Waals surface area contributed by atoms with Gasteiger partial charge in [0.25, 0.3) is 0 Å². The highest BCUT2D eigenvalue weighted by atomic mass is 16.5. The van der Waals surface area contributed by atoms with Gasteiger partial charge < -0.3 is 14.2 Å². The molecule has 22 heavy (non-hydrogen) atoms. The number of hydrogen-bond acceptors (Lipinski definition) is 4. The van der Waals surface area contributed by atoms with Crippen molar-refractivity contribution in [3.8, 4) is 17.2 Å². The van der Waals surface area contributed by atoms with Crippen molar-refractivity contribution < 1.29 is 14.2 Å². The number of para-hydroxylation sites is 1. The second kappa shape index (κ2) is 6.91. The summed E-state index contributed by atoms with van der Waals surface area (Å²) in [6.45, 7) is 1.10. The van der Waals surface area contributed by atoms with Crippen molar-refractivity contribution in [3.63, 3.8) is 0 Å². The summed E-state index contributed by atoms with van der Waals surface area (Å²) in [5.74, 6) is 2.25. The summed E-state index contributed by atoms with van der Waals surface area (Å²) in [6, 6.07) is 17.4.